The molecular weight excluding hydrogens is 923 g/mol. The molecule has 0 fully saturated rings. The van der Waals surface area contributed by atoms with Crippen LogP contribution in [0.15, 0.2) is 77.7 Å². The molecule has 0 radical (unpaired) electrons. The number of hydrogen-bond donors (Lipinski definition) is 4. The van der Waals surface area contributed by atoms with Crippen LogP contribution in [0.3, 0.4) is 0 Å². The van der Waals surface area contributed by atoms with Gasteiger partial charge in [-0.05, 0) is 80.3 Å². The lowest BCUT2D eigenvalue weighted by Crippen LogP contribution is -2.28. The topological polar surface area (TPSA) is 226 Å². The number of aromatic carboxylic acids is 1. The number of aromatic nitrogens is 2. The number of nitrogens with zero attached hydrogens (tertiary/aromatic N) is 1. The fourth-order valence-electron chi connectivity index (χ4n) is 7.00. The van der Waals surface area contributed by atoms with E-state index in [1.165, 1.54) is 10.6 Å². The van der Waals surface area contributed by atoms with Crippen LogP contribution >= 0.6 is 0 Å². The Hall–Kier alpha value is -5.87. The van der Waals surface area contributed by atoms with Gasteiger partial charge in [0.1, 0.15) is 41.7 Å². The first-order chi connectivity index (χ1) is 34.3. The molecule has 0 unspecified atom stereocenters. The maximum Gasteiger partial charge on any atom is 0.407 e. The minimum absolute atomic E-state index is 0.116. The third-order valence-electron chi connectivity index (χ3n) is 10.6. The molecule has 1 amide bonds. The minimum Gasteiger partial charge on any atom is -0.491 e. The first-order valence-corrected chi connectivity index (χ1v) is 23.6. The summed E-state index contributed by atoms with van der Waals surface area (Å²) in [6, 6.07) is 20.0. The van der Waals surface area contributed by atoms with Crippen LogP contribution in [-0.2, 0) is 61.9 Å². The Kier molecular flexibility index (Phi) is 23.8. The molecule has 0 aliphatic rings. The van der Waals surface area contributed by atoms with E-state index in [1.807, 2.05) is 56.3 Å². The largest absolute Gasteiger partial charge is 0.491 e. The summed E-state index contributed by atoms with van der Waals surface area (Å²) in [6.45, 7) is 14.9. The number of aliphatic hydroxyl groups is 1. The van der Waals surface area contributed by atoms with E-state index < -0.39 is 17.7 Å². The highest BCUT2D eigenvalue weighted by molar-refractivity contribution is 6.01. The summed E-state index contributed by atoms with van der Waals surface area (Å²) in [5, 5.41) is 23.6. The van der Waals surface area contributed by atoms with Crippen molar-refractivity contribution in [2.45, 2.75) is 39.9 Å². The predicted octanol–water partition coefficient (Wildman–Crippen LogP) is 6.31. The van der Waals surface area contributed by atoms with Gasteiger partial charge >= 0.3 is 12.1 Å². The Balaban J connectivity index is 0.842. The maximum atomic E-state index is 13.0. The Bertz CT molecular complexity index is 2430. The molecule has 5 rings (SSSR count). The second-order valence-electron chi connectivity index (χ2n) is 16.7. The molecule has 4 N–H and O–H groups in total. The first-order valence-electron chi connectivity index (χ1n) is 23.6. The van der Waals surface area contributed by atoms with Crippen LogP contribution in [0.5, 0.6) is 17.2 Å². The maximum absolute atomic E-state index is 13.0. The number of carbonyl (C=O) groups excluding carboxylic acids is 1. The number of carboxylic acid groups (broad SMARTS) is 1. The fraction of sp³-hybridized carbons (Fsp3) is 0.481. The number of H-pyrrole nitrogens is 1. The number of rotatable bonds is 35. The van der Waals surface area contributed by atoms with Crippen LogP contribution < -0.4 is 20.3 Å². The molecule has 0 spiro atoms. The van der Waals surface area contributed by atoms with Gasteiger partial charge in [0.05, 0.1) is 111 Å². The second kappa shape index (κ2) is 30.1. The van der Waals surface area contributed by atoms with Crippen molar-refractivity contribution in [3.63, 3.8) is 0 Å². The highest BCUT2D eigenvalue weighted by Crippen LogP contribution is 2.41. The molecular formula is C52H69N3O16. The van der Waals surface area contributed by atoms with E-state index in [-0.39, 0.29) is 23.4 Å². The summed E-state index contributed by atoms with van der Waals surface area (Å²) >= 11 is 0. The van der Waals surface area contributed by atoms with Gasteiger partial charge in [0.25, 0.3) is 5.56 Å². The molecule has 2 heterocycles. The van der Waals surface area contributed by atoms with Crippen molar-refractivity contribution in [1.29, 1.82) is 0 Å². The molecule has 0 aliphatic carbocycles. The standard InChI is InChI=1S/C52H69N3O16/c1-37-31-41(32-38(2)48(37)71-46-12-11-40(52(3,4)60)33-42(46)44-35-55(5)49(56)47-43(44)34-45(54-47)50(57)58)69-30-29-68-28-27-67-26-25-66-24-23-65-22-21-64-20-19-63-18-17-62-16-15-61-14-13-53-51(59)70-36-39-9-7-6-8-10-39/h6-12,31-35,54,60H,13-30,36H2,1-5H3,(H,53,59)(H,57,58). The van der Waals surface area contributed by atoms with E-state index >= 15 is 0 Å². The number of nitrogens with one attached hydrogen (secondary N) is 2. The molecule has 19 heteroatoms. The molecule has 3 aromatic carbocycles. The zero-order valence-corrected chi connectivity index (χ0v) is 41.4. The van der Waals surface area contributed by atoms with Crippen molar-refractivity contribution in [2.75, 3.05) is 119 Å². The van der Waals surface area contributed by atoms with Gasteiger partial charge < -0.3 is 77.2 Å². The number of carboxylic acids is 1. The van der Waals surface area contributed by atoms with Crippen LogP contribution in [0.2, 0.25) is 0 Å². The van der Waals surface area contributed by atoms with E-state index in [2.05, 4.69) is 10.3 Å². The quantitative estimate of drug-likeness (QED) is 0.0327. The van der Waals surface area contributed by atoms with Gasteiger partial charge in [0, 0.05) is 36.3 Å². The van der Waals surface area contributed by atoms with Gasteiger partial charge in [-0.2, -0.15) is 0 Å². The van der Waals surface area contributed by atoms with E-state index in [9.17, 15) is 24.6 Å². The van der Waals surface area contributed by atoms with Crippen molar-refractivity contribution in [3.8, 4) is 28.4 Å². The lowest BCUT2D eigenvalue weighted by molar-refractivity contribution is -0.0235. The van der Waals surface area contributed by atoms with E-state index in [0.717, 1.165) is 16.7 Å². The van der Waals surface area contributed by atoms with Crippen LogP contribution in [0, 0.1) is 13.8 Å². The summed E-state index contributed by atoms with van der Waals surface area (Å²) in [5.74, 6) is 0.516. The van der Waals surface area contributed by atoms with Crippen LogP contribution in [0.1, 0.15) is 46.6 Å². The van der Waals surface area contributed by atoms with Gasteiger partial charge in [-0.15, -0.1) is 0 Å². The predicted molar refractivity (Wildman–Crippen MR) is 264 cm³/mol. The number of hydrogen-bond acceptors (Lipinski definition) is 15. The highest BCUT2D eigenvalue weighted by atomic mass is 16.6. The number of benzene rings is 3. The molecule has 5 aromatic rings. The Morgan fingerprint density at radius 1 is 0.662 bits per heavy atom. The van der Waals surface area contributed by atoms with Crippen molar-refractivity contribution in [3.05, 3.63) is 111 Å². The summed E-state index contributed by atoms with van der Waals surface area (Å²) < 4.78 is 63.4. The third-order valence-corrected chi connectivity index (χ3v) is 10.6. The number of alkyl carbamates (subject to hydrolysis) is 1. The molecule has 388 valence electrons. The van der Waals surface area contributed by atoms with Crippen molar-refractivity contribution >= 4 is 23.0 Å². The van der Waals surface area contributed by atoms with E-state index in [4.69, 9.17) is 52.1 Å². The summed E-state index contributed by atoms with van der Waals surface area (Å²) in [4.78, 5) is 39.3. The second-order valence-corrected chi connectivity index (χ2v) is 16.7. The summed E-state index contributed by atoms with van der Waals surface area (Å²) in [7, 11) is 1.59. The summed E-state index contributed by atoms with van der Waals surface area (Å²) in [6.07, 6.45) is 1.16. The molecule has 0 aliphatic heterocycles. The van der Waals surface area contributed by atoms with Crippen molar-refractivity contribution < 1.29 is 71.9 Å². The monoisotopic (exact) mass is 991 g/mol. The van der Waals surface area contributed by atoms with Gasteiger partial charge in [0.15, 0.2) is 0 Å². The lowest BCUT2D eigenvalue weighted by Gasteiger charge is -2.22. The summed E-state index contributed by atoms with van der Waals surface area (Å²) in [5.41, 5.74) is 2.76. The van der Waals surface area contributed by atoms with Gasteiger partial charge in [0.2, 0.25) is 0 Å². The zero-order valence-electron chi connectivity index (χ0n) is 41.4. The smallest absolute Gasteiger partial charge is 0.407 e. The van der Waals surface area contributed by atoms with Gasteiger partial charge in [-0.3, -0.25) is 4.79 Å². The van der Waals surface area contributed by atoms with E-state index in [0.29, 0.717) is 158 Å². The van der Waals surface area contributed by atoms with Gasteiger partial charge in [-0.1, -0.05) is 36.4 Å². The van der Waals surface area contributed by atoms with Crippen LogP contribution in [0.4, 0.5) is 4.79 Å². The Morgan fingerprint density at radius 3 is 1.68 bits per heavy atom. The molecule has 19 nitrogen and oxygen atoms in total. The van der Waals surface area contributed by atoms with E-state index in [1.54, 1.807) is 45.3 Å². The first kappa shape index (κ1) is 56.0. The average molecular weight is 992 g/mol. The third kappa shape index (κ3) is 19.3. The number of pyridine rings is 1. The van der Waals surface area contributed by atoms with Crippen molar-refractivity contribution in [1.82, 2.24) is 14.9 Å². The average Bonchev–Trinajstić information content (AvgIpc) is 3.81. The molecule has 2 aromatic heterocycles. The normalized spacial score (nSPS) is 11.6. The van der Waals surface area contributed by atoms with Gasteiger partial charge in [-0.25, -0.2) is 9.59 Å². The number of amides is 1. The zero-order chi connectivity index (χ0) is 50.9. The minimum atomic E-state index is -1.19. The fourth-order valence-corrected chi connectivity index (χ4v) is 7.00. The molecule has 0 saturated carbocycles. The highest BCUT2D eigenvalue weighted by Gasteiger charge is 2.23. The Labute approximate surface area is 414 Å². The number of aromatic amines is 1. The molecule has 0 atom stereocenters. The molecule has 0 bridgehead atoms. The number of aryl methyl sites for hydroxylation is 3. The number of carbonyl (C=O) groups is 2. The van der Waals surface area contributed by atoms with Crippen LogP contribution in [-0.4, -0.2) is 151 Å². The van der Waals surface area contributed by atoms with Crippen molar-refractivity contribution in [2.24, 2.45) is 7.05 Å². The molecule has 71 heavy (non-hydrogen) atoms. The van der Waals surface area contributed by atoms with Crippen LogP contribution in [0.25, 0.3) is 22.0 Å². The SMILES string of the molecule is Cc1cc(OCCOCCOCCOCCOCCOCCOCCOCCOCCNC(=O)OCc2ccccc2)cc(C)c1Oc1ccc(C(C)(C)O)cc1-c1cn(C)c(=O)c2[nH]c(C(=O)O)cc12. The number of ether oxygens (including phenoxy) is 11. The lowest BCUT2D eigenvalue weighted by atomic mass is 9.93. The number of fused-ring (bicyclic) bond motifs is 1. The Morgan fingerprint density at radius 2 is 1.17 bits per heavy atom. The molecule has 0 saturated heterocycles.